The third-order valence-electron chi connectivity index (χ3n) is 3.25. The second kappa shape index (κ2) is 7.38. The Morgan fingerprint density at radius 1 is 1.19 bits per heavy atom. The number of nitrogens with one attached hydrogen (secondary N) is 2. The number of amides is 1. The summed E-state index contributed by atoms with van der Waals surface area (Å²) in [4.78, 5) is 12.4. The first kappa shape index (κ1) is 15.7. The van der Waals surface area contributed by atoms with Gasteiger partial charge in [0.15, 0.2) is 0 Å². The minimum atomic E-state index is -0.0884. The lowest BCUT2D eigenvalue weighted by molar-refractivity contribution is 0.102. The van der Waals surface area contributed by atoms with Crippen molar-refractivity contribution in [3.05, 3.63) is 63.6 Å². The lowest BCUT2D eigenvalue weighted by Crippen LogP contribution is -2.17. The quantitative estimate of drug-likeness (QED) is 0.854. The minimum Gasteiger partial charge on any atom is -0.322 e. The van der Waals surface area contributed by atoms with E-state index in [4.69, 9.17) is 0 Å². The molecule has 0 aliphatic carbocycles. The van der Waals surface area contributed by atoms with Crippen molar-refractivity contribution in [3.8, 4) is 0 Å². The van der Waals surface area contributed by atoms with E-state index in [9.17, 15) is 4.79 Å². The van der Waals surface area contributed by atoms with Crippen molar-refractivity contribution < 1.29 is 4.79 Å². The molecule has 2 aromatic rings. The monoisotopic (exact) mass is 346 g/mol. The molecule has 0 aromatic heterocycles. The number of carbonyl (C=O) groups excluding carboxylic acids is 1. The first-order chi connectivity index (χ1) is 10.1. The van der Waals surface area contributed by atoms with Crippen LogP contribution in [0.25, 0.3) is 0 Å². The molecule has 2 N–H and O–H groups in total. The molecule has 0 atom stereocenters. The van der Waals surface area contributed by atoms with E-state index in [-0.39, 0.29) is 5.91 Å². The normalized spacial score (nSPS) is 10.4. The summed E-state index contributed by atoms with van der Waals surface area (Å²) in [7, 11) is 0. The molecule has 0 aliphatic rings. The van der Waals surface area contributed by atoms with Crippen LogP contribution in [0.2, 0.25) is 0 Å². The molecule has 0 spiro atoms. The van der Waals surface area contributed by atoms with Crippen LogP contribution in [0.15, 0.2) is 46.9 Å². The van der Waals surface area contributed by atoms with Crippen molar-refractivity contribution >= 4 is 27.5 Å². The molecule has 2 rings (SSSR count). The number of anilines is 1. The molecule has 0 aliphatic heterocycles. The summed E-state index contributed by atoms with van der Waals surface area (Å²) in [5.41, 5.74) is 3.64. The molecule has 2 aromatic carbocycles. The van der Waals surface area contributed by atoms with Gasteiger partial charge >= 0.3 is 0 Å². The average molecular weight is 347 g/mol. The molecule has 1 amide bonds. The van der Waals surface area contributed by atoms with Crippen molar-refractivity contribution in [2.24, 2.45) is 0 Å². The second-order valence-electron chi connectivity index (χ2n) is 4.86. The van der Waals surface area contributed by atoms with Crippen LogP contribution < -0.4 is 10.6 Å². The molecule has 0 heterocycles. The van der Waals surface area contributed by atoms with Gasteiger partial charge in [-0.1, -0.05) is 41.1 Å². The van der Waals surface area contributed by atoms with Gasteiger partial charge in [0.1, 0.15) is 0 Å². The van der Waals surface area contributed by atoms with E-state index in [1.54, 1.807) is 0 Å². The fourth-order valence-corrected chi connectivity index (χ4v) is 2.28. The Labute approximate surface area is 133 Å². The van der Waals surface area contributed by atoms with Gasteiger partial charge in [0.05, 0.1) is 0 Å². The number of carbonyl (C=O) groups is 1. The molecule has 0 fully saturated rings. The zero-order valence-electron chi connectivity index (χ0n) is 12.2. The maximum atomic E-state index is 12.4. The van der Waals surface area contributed by atoms with E-state index < -0.39 is 0 Å². The molecule has 0 unspecified atom stereocenters. The summed E-state index contributed by atoms with van der Waals surface area (Å²) >= 11 is 3.45. The van der Waals surface area contributed by atoms with Crippen LogP contribution in [-0.2, 0) is 6.54 Å². The van der Waals surface area contributed by atoms with E-state index in [2.05, 4.69) is 33.5 Å². The third-order valence-corrected chi connectivity index (χ3v) is 4.14. The van der Waals surface area contributed by atoms with Crippen LogP contribution in [-0.4, -0.2) is 12.5 Å². The zero-order valence-corrected chi connectivity index (χ0v) is 13.8. The van der Waals surface area contributed by atoms with Crippen LogP contribution in [0.5, 0.6) is 0 Å². The first-order valence-electron chi connectivity index (χ1n) is 6.98. The summed E-state index contributed by atoms with van der Waals surface area (Å²) in [5.74, 6) is -0.0884. The Morgan fingerprint density at radius 3 is 2.67 bits per heavy atom. The predicted molar refractivity (Wildman–Crippen MR) is 90.7 cm³/mol. The number of para-hydroxylation sites is 1. The second-order valence-corrected chi connectivity index (χ2v) is 5.71. The zero-order chi connectivity index (χ0) is 15.2. The lowest BCUT2D eigenvalue weighted by Gasteiger charge is -2.12. The minimum absolute atomic E-state index is 0.0884. The Morgan fingerprint density at radius 2 is 1.95 bits per heavy atom. The maximum Gasteiger partial charge on any atom is 0.255 e. The van der Waals surface area contributed by atoms with Crippen LogP contribution >= 0.6 is 15.9 Å². The number of hydrogen-bond donors (Lipinski definition) is 2. The summed E-state index contributed by atoms with van der Waals surface area (Å²) in [6.07, 6.45) is 0. The molecule has 0 radical (unpaired) electrons. The summed E-state index contributed by atoms with van der Waals surface area (Å²) < 4.78 is 1.01. The molecule has 4 heteroatoms. The number of hydrogen-bond acceptors (Lipinski definition) is 2. The third kappa shape index (κ3) is 4.16. The summed E-state index contributed by atoms with van der Waals surface area (Å²) in [6, 6.07) is 13.5. The van der Waals surface area contributed by atoms with Gasteiger partial charge in [-0.2, -0.15) is 0 Å². The summed E-state index contributed by atoms with van der Waals surface area (Å²) in [6.45, 7) is 5.67. The topological polar surface area (TPSA) is 41.1 Å². The molecule has 110 valence electrons. The van der Waals surface area contributed by atoms with Crippen molar-refractivity contribution in [3.63, 3.8) is 0 Å². The van der Waals surface area contributed by atoms with Crippen LogP contribution in [0, 0.1) is 6.92 Å². The van der Waals surface area contributed by atoms with E-state index >= 15 is 0 Å². The molecular formula is C17H19BrN2O. The Kier molecular flexibility index (Phi) is 5.53. The van der Waals surface area contributed by atoms with Gasteiger partial charge in [0.2, 0.25) is 0 Å². The Balaban J connectivity index is 2.17. The number of rotatable bonds is 5. The highest BCUT2D eigenvalue weighted by atomic mass is 79.9. The van der Waals surface area contributed by atoms with E-state index in [1.807, 2.05) is 49.4 Å². The average Bonchev–Trinajstić information content (AvgIpc) is 2.49. The molecule has 0 saturated heterocycles. The SMILES string of the molecule is CCNCc1ccccc1NC(=O)c1ccc(Br)c(C)c1. The van der Waals surface area contributed by atoms with Crippen LogP contribution in [0.3, 0.4) is 0 Å². The van der Waals surface area contributed by atoms with E-state index in [0.717, 1.165) is 34.4 Å². The smallest absolute Gasteiger partial charge is 0.255 e. The van der Waals surface area contributed by atoms with Gasteiger partial charge in [-0.05, 0) is 48.9 Å². The molecular weight excluding hydrogens is 328 g/mol. The van der Waals surface area contributed by atoms with Gasteiger partial charge in [-0.25, -0.2) is 0 Å². The van der Waals surface area contributed by atoms with Crippen molar-refractivity contribution in [2.45, 2.75) is 20.4 Å². The number of aryl methyl sites for hydroxylation is 1. The lowest BCUT2D eigenvalue weighted by atomic mass is 10.1. The Bertz CT molecular complexity index is 640. The molecule has 0 saturated carbocycles. The van der Waals surface area contributed by atoms with Gasteiger partial charge in [-0.15, -0.1) is 0 Å². The molecule has 3 nitrogen and oxygen atoms in total. The van der Waals surface area contributed by atoms with Gasteiger partial charge < -0.3 is 10.6 Å². The molecule has 21 heavy (non-hydrogen) atoms. The van der Waals surface area contributed by atoms with Gasteiger partial charge in [0.25, 0.3) is 5.91 Å². The highest BCUT2D eigenvalue weighted by Gasteiger charge is 2.09. The standard InChI is InChI=1S/C17H19BrN2O/c1-3-19-11-14-6-4-5-7-16(14)20-17(21)13-8-9-15(18)12(2)10-13/h4-10,19H,3,11H2,1-2H3,(H,20,21). The van der Waals surface area contributed by atoms with Crippen molar-refractivity contribution in [2.75, 3.05) is 11.9 Å². The van der Waals surface area contributed by atoms with Crippen molar-refractivity contribution in [1.29, 1.82) is 0 Å². The summed E-state index contributed by atoms with van der Waals surface area (Å²) in [5, 5.41) is 6.27. The number of halogens is 1. The highest BCUT2D eigenvalue weighted by Crippen LogP contribution is 2.19. The predicted octanol–water partition coefficient (Wildman–Crippen LogP) is 4.12. The number of benzene rings is 2. The van der Waals surface area contributed by atoms with Gasteiger partial charge in [-0.3, -0.25) is 4.79 Å². The van der Waals surface area contributed by atoms with Crippen molar-refractivity contribution in [1.82, 2.24) is 5.32 Å². The van der Waals surface area contributed by atoms with Crippen LogP contribution in [0.4, 0.5) is 5.69 Å². The van der Waals surface area contributed by atoms with E-state index in [0.29, 0.717) is 5.56 Å². The van der Waals surface area contributed by atoms with E-state index in [1.165, 1.54) is 0 Å². The maximum absolute atomic E-state index is 12.4. The highest BCUT2D eigenvalue weighted by molar-refractivity contribution is 9.10. The van der Waals surface area contributed by atoms with Gasteiger partial charge in [0, 0.05) is 22.3 Å². The largest absolute Gasteiger partial charge is 0.322 e. The fourth-order valence-electron chi connectivity index (χ4n) is 2.04. The van der Waals surface area contributed by atoms with Crippen LogP contribution in [0.1, 0.15) is 28.4 Å². The Hall–Kier alpha value is -1.65. The fraction of sp³-hybridized carbons (Fsp3) is 0.235. The molecule has 0 bridgehead atoms. The first-order valence-corrected chi connectivity index (χ1v) is 7.77.